The van der Waals surface area contributed by atoms with Crippen LogP contribution in [0.4, 0.5) is 17.7 Å². The fraction of sp³-hybridized carbons (Fsp3) is 0.833. The largest absolute Gasteiger partial charge is 0.480 e. The third-order valence-corrected chi connectivity index (χ3v) is 41.3. The standard InChI is InChI=1S/C27H50N2O6SSi.C18H30N2O6S.C16H32N2O2Si.C11H20O5S/c1-19(2)37(20(3)4,21(5)6)34-18-26(7,8)23-17-24(35-29-23)28-25(30)27(9,10)36(31,32)16-13-22-11-14-33-15-12-22;1-17(2,12-21)14-11-15(26-20-14)19-16(22)18(3,4)27(23,24)10-7-13-5-8-25-9-6-13;1-11(2)21(12(3)4,13(5)6)19-10-16(7,8)14-9-15(17)20-18-14;1-11(2,10(12)13)17(14,15)8-5-9-3-6-16-7-4-9/h17,19-22H,11-16,18H2,1-10H3,(H,28,30);11,13,21H,5-10,12H2,1-4H3,(H,19,22);9,11-13H,10,17H2,1-8H3;9H,3-8H2,1-2H3,(H,12,13). The summed E-state index contributed by atoms with van der Waals surface area (Å²) in [5.41, 5.74) is 9.49. The number of anilines is 3. The molecule has 0 atom stereocenters. The van der Waals surface area contributed by atoms with Gasteiger partial charge in [0.2, 0.25) is 29.5 Å². The first kappa shape index (κ1) is 92.1. The highest BCUT2D eigenvalue weighted by molar-refractivity contribution is 7.94. The van der Waals surface area contributed by atoms with Gasteiger partial charge in [-0.25, -0.2) is 25.3 Å². The number of ether oxygens (including phenoxy) is 3. The Balaban J connectivity index is 0.000000368. The molecule has 3 aliphatic heterocycles. The smallest absolute Gasteiger partial charge is 0.324 e. The van der Waals surface area contributed by atoms with Gasteiger partial charge in [-0.15, -0.1) is 0 Å². The van der Waals surface area contributed by atoms with Crippen LogP contribution >= 0.6 is 0 Å². The van der Waals surface area contributed by atoms with E-state index in [1.54, 1.807) is 26.0 Å². The number of sulfone groups is 3. The SMILES string of the molecule is CC(C)(C(=O)O)S(=O)(=O)CCC1CCOCC1.CC(C)(CO)c1cc(NC(=O)C(C)(C)S(=O)(=O)CCC2CCOCC2)on1.CC(C)[Si](OCC(C)(C)c1cc(N)on1)(C(C)C)C(C)C.CC(C)[Si](OCC(C)(C)c1cc(NC(=O)C(C)(C)S(=O)(=O)CCC2CCOCC2)on1)(C(C)C)C(C)C. The third kappa shape index (κ3) is 24.2. The van der Waals surface area contributed by atoms with E-state index >= 15 is 0 Å². The zero-order valence-corrected chi connectivity index (χ0v) is 70.7. The Bertz CT molecular complexity index is 3390. The van der Waals surface area contributed by atoms with E-state index in [1.807, 2.05) is 13.8 Å². The Morgan fingerprint density at radius 1 is 0.471 bits per heavy atom. The quantitative estimate of drug-likeness (QED) is 0.0354. The van der Waals surface area contributed by atoms with Gasteiger partial charge >= 0.3 is 5.97 Å². The van der Waals surface area contributed by atoms with Gasteiger partial charge in [-0.1, -0.05) is 140 Å². The molecule has 30 heteroatoms. The molecule has 2 amide bonds. The summed E-state index contributed by atoms with van der Waals surface area (Å²) < 4.78 is 115. The molecule has 590 valence electrons. The Morgan fingerprint density at radius 2 is 0.735 bits per heavy atom. The van der Waals surface area contributed by atoms with E-state index in [0.29, 0.717) is 140 Å². The number of nitrogens with zero attached hydrogens (tertiary/aromatic N) is 3. The summed E-state index contributed by atoms with van der Waals surface area (Å²) in [4.78, 5) is 36.6. The van der Waals surface area contributed by atoms with Gasteiger partial charge in [0.05, 0.1) is 40.9 Å². The summed E-state index contributed by atoms with van der Waals surface area (Å²) >= 11 is 0. The number of aliphatic hydroxyl groups excluding tert-OH is 1. The van der Waals surface area contributed by atoms with E-state index in [9.17, 15) is 44.7 Å². The molecule has 0 aliphatic carbocycles. The molecule has 25 nitrogen and oxygen atoms in total. The highest BCUT2D eigenvalue weighted by atomic mass is 32.2. The first-order valence-electron chi connectivity index (χ1n) is 36.6. The third-order valence-electron chi connectivity index (χ3n) is 21.6. The van der Waals surface area contributed by atoms with E-state index in [-0.39, 0.29) is 41.0 Å². The molecule has 0 aromatic carbocycles. The number of carboxylic acids is 1. The molecule has 6 N–H and O–H groups in total. The minimum atomic E-state index is -3.68. The molecule has 3 aliphatic rings. The summed E-state index contributed by atoms with van der Waals surface area (Å²) in [7, 11) is -14.8. The number of nitrogens with one attached hydrogen (secondary N) is 2. The van der Waals surface area contributed by atoms with Crippen molar-refractivity contribution in [3.63, 3.8) is 0 Å². The van der Waals surface area contributed by atoms with E-state index < -0.39 is 89.0 Å². The fourth-order valence-corrected chi connectivity index (χ4v) is 29.1. The molecule has 3 fully saturated rings. The van der Waals surface area contributed by atoms with Gasteiger partial charge in [0.15, 0.2) is 50.9 Å². The van der Waals surface area contributed by atoms with Gasteiger partial charge in [0, 0.05) is 87.3 Å². The van der Waals surface area contributed by atoms with Crippen molar-refractivity contribution in [2.24, 2.45) is 17.8 Å². The van der Waals surface area contributed by atoms with Crippen molar-refractivity contribution in [1.29, 1.82) is 0 Å². The molecular weight excluding hydrogens is 1410 g/mol. The summed E-state index contributed by atoms with van der Waals surface area (Å²) in [6, 6.07) is 4.97. The van der Waals surface area contributed by atoms with Crippen LogP contribution in [-0.4, -0.2) is 176 Å². The maximum atomic E-state index is 13.1. The molecule has 3 aromatic heterocycles. The van der Waals surface area contributed by atoms with Crippen molar-refractivity contribution in [3.8, 4) is 0 Å². The lowest BCUT2D eigenvalue weighted by molar-refractivity contribution is -0.139. The second-order valence-electron chi connectivity index (χ2n) is 33.5. The molecule has 0 unspecified atom stereocenters. The van der Waals surface area contributed by atoms with Crippen LogP contribution < -0.4 is 16.4 Å². The zero-order valence-electron chi connectivity index (χ0n) is 66.3. The van der Waals surface area contributed by atoms with Crippen LogP contribution in [-0.2, 0) is 83.2 Å². The maximum Gasteiger partial charge on any atom is 0.324 e. The van der Waals surface area contributed by atoms with Crippen LogP contribution in [0.3, 0.4) is 0 Å². The Labute approximate surface area is 613 Å². The number of aliphatic carboxylic acids is 1. The monoisotopic (exact) mass is 1540 g/mol. The minimum absolute atomic E-state index is 0.0305. The molecule has 6 heterocycles. The number of amides is 2. The second-order valence-corrected chi connectivity index (χ2v) is 52.4. The summed E-state index contributed by atoms with van der Waals surface area (Å²) in [6.07, 6.45) is 6.74. The number of carboxylic acid groups (broad SMARTS) is 1. The lowest BCUT2D eigenvalue weighted by atomic mass is 9.91. The number of nitrogens with two attached hydrogens (primary N) is 1. The molecule has 102 heavy (non-hydrogen) atoms. The summed E-state index contributed by atoms with van der Waals surface area (Å²) in [5.74, 6) is -1.19. The van der Waals surface area contributed by atoms with E-state index in [2.05, 4.69) is 123 Å². The number of carbonyl (C=O) groups is 3. The van der Waals surface area contributed by atoms with Crippen LogP contribution in [0.25, 0.3) is 0 Å². The highest BCUT2D eigenvalue weighted by Gasteiger charge is 2.49. The maximum absolute atomic E-state index is 13.1. The van der Waals surface area contributed by atoms with Crippen LogP contribution in [0, 0.1) is 17.8 Å². The number of aliphatic hydroxyl groups is 1. The minimum Gasteiger partial charge on any atom is -0.480 e. The van der Waals surface area contributed by atoms with Gasteiger partial charge in [-0.2, -0.15) is 0 Å². The summed E-state index contributed by atoms with van der Waals surface area (Å²) in [5, 5.41) is 35.5. The lowest BCUT2D eigenvalue weighted by Crippen LogP contribution is -2.49. The molecule has 3 aromatic rings. The van der Waals surface area contributed by atoms with E-state index in [0.717, 1.165) is 44.2 Å². The average Bonchev–Trinajstić information content (AvgIpc) is 1.23. The Morgan fingerprint density at radius 3 is 0.990 bits per heavy atom. The number of rotatable bonds is 33. The van der Waals surface area contributed by atoms with Crippen LogP contribution in [0.5, 0.6) is 0 Å². The predicted molar refractivity (Wildman–Crippen MR) is 407 cm³/mol. The van der Waals surface area contributed by atoms with Gasteiger partial charge in [-0.3, -0.25) is 25.0 Å². The topological polar surface area (TPSA) is 368 Å². The van der Waals surface area contributed by atoms with Crippen molar-refractivity contribution in [2.45, 2.75) is 288 Å². The van der Waals surface area contributed by atoms with Crippen molar-refractivity contribution in [2.75, 3.05) is 93.1 Å². The molecule has 0 bridgehead atoms. The van der Waals surface area contributed by atoms with Crippen LogP contribution in [0.1, 0.15) is 241 Å². The van der Waals surface area contributed by atoms with E-state index in [4.69, 9.17) is 47.5 Å². The molecule has 0 spiro atoms. The average molecular weight is 1540 g/mol. The lowest BCUT2D eigenvalue weighted by Gasteiger charge is -2.43. The number of nitrogen functional groups attached to an aromatic ring is 1. The molecule has 0 saturated carbocycles. The molecule has 6 rings (SSSR count). The second kappa shape index (κ2) is 38.1. The molecule has 0 radical (unpaired) electrons. The predicted octanol–water partition coefficient (Wildman–Crippen LogP) is 13.8. The fourth-order valence-electron chi connectivity index (χ4n) is 13.5. The van der Waals surface area contributed by atoms with Gasteiger partial charge in [0.25, 0.3) is 0 Å². The van der Waals surface area contributed by atoms with Crippen molar-refractivity contribution in [3.05, 3.63) is 35.3 Å². The van der Waals surface area contributed by atoms with Gasteiger partial charge in [-0.05, 0) is 150 Å². The number of hydrogen-bond donors (Lipinski definition) is 5. The van der Waals surface area contributed by atoms with Crippen molar-refractivity contribution < 1.29 is 86.5 Å². The number of aromatic nitrogens is 3. The molecular formula is C72H132N6O19S3Si2. The number of hydrogen-bond acceptors (Lipinski definition) is 22. The van der Waals surface area contributed by atoms with E-state index in [1.165, 1.54) is 47.6 Å². The Hall–Kier alpha value is -4.12. The zero-order chi connectivity index (χ0) is 78.1. The normalized spacial score (nSPS) is 16.6. The first-order chi connectivity index (χ1) is 46.8. The van der Waals surface area contributed by atoms with Crippen molar-refractivity contribution >= 4 is 81.6 Å². The Kier molecular flexibility index (Phi) is 34.4. The van der Waals surface area contributed by atoms with Gasteiger partial charge < -0.3 is 52.6 Å². The van der Waals surface area contributed by atoms with Crippen LogP contribution in [0.2, 0.25) is 33.2 Å². The molecule has 3 saturated heterocycles. The first-order valence-corrected chi connectivity index (χ1v) is 45.8. The van der Waals surface area contributed by atoms with Crippen molar-refractivity contribution in [1.82, 2.24) is 15.5 Å². The number of carbonyl (C=O) groups excluding carboxylic acids is 2. The van der Waals surface area contributed by atoms with Crippen LogP contribution in [0.15, 0.2) is 31.8 Å². The summed E-state index contributed by atoms with van der Waals surface area (Å²) in [6.45, 7) is 52.4. The highest BCUT2D eigenvalue weighted by Crippen LogP contribution is 2.45. The van der Waals surface area contributed by atoms with Gasteiger partial charge in [0.1, 0.15) is 9.49 Å².